The Balaban J connectivity index is 1.78. The number of ether oxygens (including phenoxy) is 3. The molecule has 0 spiro atoms. The fraction of sp³-hybridized carbons (Fsp3) is 0.318. The Morgan fingerprint density at radius 3 is 2.34 bits per heavy atom. The summed E-state index contributed by atoms with van der Waals surface area (Å²) in [6, 6.07) is 7.17. The van der Waals surface area contributed by atoms with Crippen molar-refractivity contribution in [3.63, 3.8) is 0 Å². The highest BCUT2D eigenvalue weighted by atomic mass is 16.7. The van der Waals surface area contributed by atoms with Gasteiger partial charge in [0.05, 0.1) is 18.8 Å². The van der Waals surface area contributed by atoms with Crippen LogP contribution in [0.2, 0.25) is 0 Å². The van der Waals surface area contributed by atoms with Gasteiger partial charge in [-0.25, -0.2) is 0 Å². The maximum atomic E-state index is 13.1. The van der Waals surface area contributed by atoms with E-state index in [1.54, 1.807) is 0 Å². The first-order chi connectivity index (χ1) is 15.2. The summed E-state index contributed by atoms with van der Waals surface area (Å²) >= 11 is 0. The number of hydrogen-bond acceptors (Lipinski definition) is 10. The summed E-state index contributed by atoms with van der Waals surface area (Å²) in [5.41, 5.74) is 0.0584. The first-order valence-electron chi connectivity index (χ1n) is 9.74. The van der Waals surface area contributed by atoms with Gasteiger partial charge in [0.15, 0.2) is 11.5 Å². The number of aliphatic hydroxyl groups is 3. The van der Waals surface area contributed by atoms with Crippen molar-refractivity contribution >= 4 is 11.0 Å². The topological polar surface area (TPSA) is 159 Å². The fourth-order valence-electron chi connectivity index (χ4n) is 3.59. The molecule has 5 N–H and O–H groups in total. The van der Waals surface area contributed by atoms with Crippen LogP contribution in [0, 0.1) is 0 Å². The molecule has 10 heteroatoms. The summed E-state index contributed by atoms with van der Waals surface area (Å²) in [4.78, 5) is 13.1. The van der Waals surface area contributed by atoms with E-state index in [2.05, 4.69) is 0 Å². The largest absolute Gasteiger partial charge is 0.508 e. The van der Waals surface area contributed by atoms with Gasteiger partial charge in [-0.3, -0.25) is 4.79 Å². The van der Waals surface area contributed by atoms with Crippen LogP contribution in [-0.4, -0.2) is 63.3 Å². The third-order valence-electron chi connectivity index (χ3n) is 5.39. The molecule has 4 rings (SSSR count). The Kier molecular flexibility index (Phi) is 5.70. The second-order valence-corrected chi connectivity index (χ2v) is 7.45. The van der Waals surface area contributed by atoms with Gasteiger partial charge in [0.25, 0.3) is 0 Å². The Morgan fingerprint density at radius 2 is 1.69 bits per heavy atom. The molecular formula is C22H22O10. The lowest BCUT2D eigenvalue weighted by atomic mass is 10.00. The summed E-state index contributed by atoms with van der Waals surface area (Å²) in [7, 11) is 1.25. The average molecular weight is 446 g/mol. The monoisotopic (exact) mass is 446 g/mol. The molecule has 0 unspecified atom stereocenters. The summed E-state index contributed by atoms with van der Waals surface area (Å²) in [5.74, 6) is -0.841. The Bertz CT molecular complexity index is 1190. The van der Waals surface area contributed by atoms with E-state index >= 15 is 0 Å². The maximum absolute atomic E-state index is 13.1. The van der Waals surface area contributed by atoms with Gasteiger partial charge >= 0.3 is 0 Å². The van der Waals surface area contributed by atoms with Gasteiger partial charge in [0.1, 0.15) is 41.3 Å². The van der Waals surface area contributed by atoms with Crippen molar-refractivity contribution < 1.29 is 44.2 Å². The van der Waals surface area contributed by atoms with Crippen molar-refractivity contribution in [3.8, 4) is 34.1 Å². The third-order valence-corrected chi connectivity index (χ3v) is 5.39. The van der Waals surface area contributed by atoms with Crippen molar-refractivity contribution in [1.82, 2.24) is 0 Å². The number of fused-ring (bicyclic) bond motifs is 1. The molecule has 32 heavy (non-hydrogen) atoms. The highest BCUT2D eigenvalue weighted by molar-refractivity contribution is 5.91. The van der Waals surface area contributed by atoms with Crippen LogP contribution in [0.15, 0.2) is 45.8 Å². The number of benzene rings is 2. The second kappa shape index (κ2) is 8.32. The van der Waals surface area contributed by atoms with E-state index in [4.69, 9.17) is 18.6 Å². The Hall–Kier alpha value is -3.31. The SMILES string of the molecule is COc1c(O[C@@H]2O[C@@H](C)[C@@H](O)[C@H](O)[C@H]2O)cc2occ(-c3ccc(O)cc3)c(=O)c2c1O. The molecule has 0 bridgehead atoms. The Labute approximate surface area is 181 Å². The minimum atomic E-state index is -1.59. The first-order valence-corrected chi connectivity index (χ1v) is 9.74. The summed E-state index contributed by atoms with van der Waals surface area (Å²) in [5, 5.41) is 50.1. The molecular weight excluding hydrogens is 424 g/mol. The van der Waals surface area contributed by atoms with E-state index in [0.717, 1.165) is 0 Å². The molecule has 1 fully saturated rings. The van der Waals surface area contributed by atoms with Crippen LogP contribution in [0.1, 0.15) is 6.92 Å². The number of rotatable bonds is 4. The van der Waals surface area contributed by atoms with Crippen LogP contribution in [0.4, 0.5) is 0 Å². The van der Waals surface area contributed by atoms with Crippen LogP contribution >= 0.6 is 0 Å². The van der Waals surface area contributed by atoms with Crippen LogP contribution < -0.4 is 14.9 Å². The fourth-order valence-corrected chi connectivity index (χ4v) is 3.59. The number of phenols is 2. The molecule has 1 aromatic heterocycles. The van der Waals surface area contributed by atoms with Gasteiger partial charge in [-0.1, -0.05) is 12.1 Å². The van der Waals surface area contributed by atoms with Crippen LogP contribution in [0.25, 0.3) is 22.1 Å². The molecule has 1 aliphatic heterocycles. The van der Waals surface area contributed by atoms with Crippen molar-refractivity contribution in [2.45, 2.75) is 37.6 Å². The normalized spacial score (nSPS) is 25.6. The zero-order valence-corrected chi connectivity index (χ0v) is 17.1. The lowest BCUT2D eigenvalue weighted by molar-refractivity contribution is -0.268. The summed E-state index contributed by atoms with van der Waals surface area (Å²) in [6.07, 6.45) is -5.45. The van der Waals surface area contributed by atoms with Gasteiger partial charge in [-0.15, -0.1) is 0 Å². The predicted octanol–water partition coefficient (Wildman–Crippen LogP) is 1.09. The van der Waals surface area contributed by atoms with Crippen molar-refractivity contribution in [3.05, 3.63) is 46.8 Å². The number of aromatic hydroxyl groups is 2. The number of aliphatic hydroxyl groups excluding tert-OH is 3. The van der Waals surface area contributed by atoms with E-state index < -0.39 is 41.9 Å². The highest BCUT2D eigenvalue weighted by Gasteiger charge is 2.43. The van der Waals surface area contributed by atoms with Gasteiger partial charge in [-0.05, 0) is 24.6 Å². The van der Waals surface area contributed by atoms with Crippen molar-refractivity contribution in [1.29, 1.82) is 0 Å². The van der Waals surface area contributed by atoms with Crippen molar-refractivity contribution in [2.24, 2.45) is 0 Å². The molecule has 2 heterocycles. The molecule has 10 nitrogen and oxygen atoms in total. The minimum Gasteiger partial charge on any atom is -0.508 e. The van der Waals surface area contributed by atoms with E-state index in [1.807, 2.05) is 0 Å². The zero-order valence-electron chi connectivity index (χ0n) is 17.1. The maximum Gasteiger partial charge on any atom is 0.229 e. The second-order valence-electron chi connectivity index (χ2n) is 7.45. The lowest BCUT2D eigenvalue weighted by Gasteiger charge is -2.39. The molecule has 1 saturated heterocycles. The molecule has 0 aliphatic carbocycles. The zero-order chi connectivity index (χ0) is 23.2. The van der Waals surface area contributed by atoms with E-state index in [0.29, 0.717) is 5.56 Å². The first kappa shape index (κ1) is 21.9. The molecule has 170 valence electrons. The van der Waals surface area contributed by atoms with Gasteiger partial charge in [-0.2, -0.15) is 0 Å². The van der Waals surface area contributed by atoms with E-state index in [9.17, 15) is 30.3 Å². The van der Waals surface area contributed by atoms with Crippen LogP contribution in [0.5, 0.6) is 23.0 Å². The molecule has 0 amide bonds. The van der Waals surface area contributed by atoms with E-state index in [-0.39, 0.29) is 33.8 Å². The summed E-state index contributed by atoms with van der Waals surface area (Å²) < 4.78 is 21.8. The number of methoxy groups -OCH3 is 1. The molecule has 2 aromatic carbocycles. The molecule has 3 aromatic rings. The lowest BCUT2D eigenvalue weighted by Crippen LogP contribution is -2.58. The Morgan fingerprint density at radius 1 is 1.00 bits per heavy atom. The van der Waals surface area contributed by atoms with Gasteiger partial charge in [0.2, 0.25) is 17.5 Å². The predicted molar refractivity (Wildman–Crippen MR) is 111 cm³/mol. The average Bonchev–Trinajstić information content (AvgIpc) is 2.77. The number of phenolic OH excluding ortho intramolecular Hbond substituents is 2. The molecule has 5 atom stereocenters. The molecule has 1 aliphatic rings. The van der Waals surface area contributed by atoms with Crippen LogP contribution in [0.3, 0.4) is 0 Å². The van der Waals surface area contributed by atoms with Gasteiger partial charge in [0, 0.05) is 6.07 Å². The van der Waals surface area contributed by atoms with Crippen LogP contribution in [-0.2, 0) is 4.74 Å². The molecule has 0 radical (unpaired) electrons. The standard InChI is InChI=1S/C22H22O10/c1-9-16(24)19(27)20(28)22(31-9)32-14-7-13-15(18(26)21(14)29-2)17(25)12(8-30-13)10-3-5-11(23)6-4-10/h3-9,16,19-20,22-24,26-28H,1-2H3/t9-,16+,19-,20+,22-/m0/s1. The van der Waals surface area contributed by atoms with Crippen molar-refractivity contribution in [2.75, 3.05) is 7.11 Å². The smallest absolute Gasteiger partial charge is 0.229 e. The van der Waals surface area contributed by atoms with E-state index in [1.165, 1.54) is 50.6 Å². The quantitative estimate of drug-likeness (QED) is 0.393. The third kappa shape index (κ3) is 3.63. The highest BCUT2D eigenvalue weighted by Crippen LogP contribution is 2.43. The number of hydrogen-bond donors (Lipinski definition) is 5. The minimum absolute atomic E-state index is 0.0234. The molecule has 0 saturated carbocycles. The van der Waals surface area contributed by atoms with Gasteiger partial charge < -0.3 is 44.2 Å². The summed E-state index contributed by atoms with van der Waals surface area (Å²) in [6.45, 7) is 1.50.